The summed E-state index contributed by atoms with van der Waals surface area (Å²) in [6.07, 6.45) is 7.05. The van der Waals surface area contributed by atoms with Crippen LogP contribution in [0.15, 0.2) is 6.20 Å². The van der Waals surface area contributed by atoms with Crippen LogP contribution in [0.1, 0.15) is 97.7 Å². The van der Waals surface area contributed by atoms with Gasteiger partial charge in [-0.3, -0.25) is 4.90 Å². The van der Waals surface area contributed by atoms with Crippen molar-refractivity contribution in [3.8, 4) is 0 Å². The summed E-state index contributed by atoms with van der Waals surface area (Å²) in [4.78, 5) is 26.9. The van der Waals surface area contributed by atoms with Gasteiger partial charge in [0.1, 0.15) is 11.4 Å². The number of aromatic nitrogens is 2. The summed E-state index contributed by atoms with van der Waals surface area (Å²) in [7, 11) is -2.20. The smallest absolute Gasteiger partial charge is 0.410 e. The molecule has 4 aliphatic rings. The molecule has 3 aliphatic heterocycles. The molecule has 46 heavy (non-hydrogen) atoms. The van der Waals surface area contributed by atoms with Gasteiger partial charge in [0.05, 0.1) is 30.0 Å². The number of piperazine rings is 1. The van der Waals surface area contributed by atoms with Crippen molar-refractivity contribution in [2.75, 3.05) is 24.6 Å². The van der Waals surface area contributed by atoms with Crippen molar-refractivity contribution in [2.24, 2.45) is 0 Å². The first-order chi connectivity index (χ1) is 21.5. The zero-order valence-electron chi connectivity index (χ0n) is 28.7. The molecule has 0 radical (unpaired) electrons. The van der Waals surface area contributed by atoms with Crippen LogP contribution in [0.5, 0.6) is 0 Å². The summed E-state index contributed by atoms with van der Waals surface area (Å²) in [5, 5.41) is 0.792. The standard InChI is InChI=1S/C34H50ClFN4O5Si/c1-32(2,3)45-31(41)40-21-12-13-22(40)19-39(18-21)30-23-17-37-29(35)28(36)26(23)27(24(38-30)20-43-46(7,8)33(4,5)6)34(14-15-34)44-25-11-9-10-16-42-25/h17,21-22,25H,9-16,18-20H2,1-8H3. The Balaban J connectivity index is 1.44. The number of fused-ring (bicyclic) bond motifs is 3. The van der Waals surface area contributed by atoms with Crippen LogP contribution < -0.4 is 4.90 Å². The molecule has 9 nitrogen and oxygen atoms in total. The molecule has 254 valence electrons. The van der Waals surface area contributed by atoms with Crippen LogP contribution in [0.2, 0.25) is 23.3 Å². The molecule has 0 spiro atoms. The summed E-state index contributed by atoms with van der Waals surface area (Å²) in [6.45, 7) is 18.7. The minimum atomic E-state index is -2.20. The molecule has 3 unspecified atom stereocenters. The Bertz CT molecular complexity index is 1470. The van der Waals surface area contributed by atoms with Crippen LogP contribution in [0.4, 0.5) is 15.0 Å². The quantitative estimate of drug-likeness (QED) is 0.215. The van der Waals surface area contributed by atoms with Crippen molar-refractivity contribution in [1.82, 2.24) is 14.9 Å². The number of hydrogen-bond acceptors (Lipinski definition) is 8. The number of carbonyl (C=O) groups excluding carboxylic acids is 1. The molecule has 12 heteroatoms. The van der Waals surface area contributed by atoms with Crippen LogP contribution in [-0.2, 0) is 30.8 Å². The third-order valence-electron chi connectivity index (χ3n) is 10.4. The number of halogens is 2. The first-order valence-corrected chi connectivity index (χ1v) is 20.1. The lowest BCUT2D eigenvalue weighted by Gasteiger charge is -2.42. The lowest BCUT2D eigenvalue weighted by Crippen LogP contribution is -2.57. The van der Waals surface area contributed by atoms with Crippen LogP contribution in [0.3, 0.4) is 0 Å². The highest BCUT2D eigenvalue weighted by atomic mass is 35.5. The van der Waals surface area contributed by atoms with Gasteiger partial charge in [0.15, 0.2) is 25.6 Å². The largest absolute Gasteiger partial charge is 0.444 e. The maximum atomic E-state index is 16.4. The summed E-state index contributed by atoms with van der Waals surface area (Å²) >= 11 is 6.42. The molecule has 0 aromatic carbocycles. The van der Waals surface area contributed by atoms with Crippen molar-refractivity contribution in [1.29, 1.82) is 0 Å². The zero-order chi connectivity index (χ0) is 33.2. The van der Waals surface area contributed by atoms with Crippen molar-refractivity contribution < 1.29 is 27.8 Å². The second-order valence-electron chi connectivity index (χ2n) is 16.0. The average Bonchev–Trinajstić information content (AvgIpc) is 3.69. The fourth-order valence-corrected chi connectivity index (χ4v) is 7.93. The average molecular weight is 677 g/mol. The Labute approximate surface area is 278 Å². The SMILES string of the molecule is CC(C)(C)OC(=O)N1C2CCC1CN(c1nc(CO[Si](C)(C)C(C)(C)C)c(C3(OC4CCCCO4)CC3)c3c(F)c(Cl)ncc13)C2. The molecule has 1 saturated carbocycles. The second-order valence-corrected chi connectivity index (χ2v) is 21.2. The first-order valence-electron chi connectivity index (χ1n) is 16.9. The number of amides is 1. The van der Waals surface area contributed by atoms with Gasteiger partial charge in [0, 0.05) is 42.2 Å². The monoisotopic (exact) mass is 676 g/mol. The van der Waals surface area contributed by atoms with Gasteiger partial charge in [-0.15, -0.1) is 0 Å². The van der Waals surface area contributed by atoms with Crippen LogP contribution >= 0.6 is 11.6 Å². The molecule has 0 N–H and O–H groups in total. The van der Waals surface area contributed by atoms with Crippen molar-refractivity contribution in [2.45, 2.75) is 141 Å². The second kappa shape index (κ2) is 12.1. The van der Waals surface area contributed by atoms with Gasteiger partial charge in [-0.25, -0.2) is 19.2 Å². The number of carbonyl (C=O) groups is 1. The molecule has 3 atom stereocenters. The Kier molecular flexibility index (Phi) is 8.92. The molecule has 3 saturated heterocycles. The van der Waals surface area contributed by atoms with E-state index in [1.54, 1.807) is 6.20 Å². The Morgan fingerprint density at radius 2 is 1.78 bits per heavy atom. The molecule has 2 aromatic heterocycles. The van der Waals surface area contributed by atoms with Crippen LogP contribution in [0, 0.1) is 5.82 Å². The third kappa shape index (κ3) is 6.51. The fraction of sp³-hybridized carbons (Fsp3) is 0.735. The third-order valence-corrected chi connectivity index (χ3v) is 15.2. The van der Waals surface area contributed by atoms with E-state index in [1.165, 1.54) is 0 Å². The predicted molar refractivity (Wildman–Crippen MR) is 179 cm³/mol. The maximum absolute atomic E-state index is 16.4. The highest BCUT2D eigenvalue weighted by Gasteiger charge is 2.52. The normalized spacial score (nSPS) is 24.9. The van der Waals surface area contributed by atoms with E-state index < -0.39 is 25.3 Å². The number of rotatable bonds is 7. The van der Waals surface area contributed by atoms with E-state index >= 15 is 4.39 Å². The van der Waals surface area contributed by atoms with Gasteiger partial charge < -0.3 is 23.5 Å². The summed E-state index contributed by atoms with van der Waals surface area (Å²) < 4.78 is 41.7. The van der Waals surface area contributed by atoms with Gasteiger partial charge >= 0.3 is 6.09 Å². The van der Waals surface area contributed by atoms with Gasteiger partial charge in [-0.2, -0.15) is 0 Å². The Hall–Kier alpha value is -2.05. The molecule has 1 amide bonds. The van der Waals surface area contributed by atoms with E-state index in [4.69, 9.17) is 35.2 Å². The van der Waals surface area contributed by atoms with Gasteiger partial charge in [-0.1, -0.05) is 32.4 Å². The minimum Gasteiger partial charge on any atom is -0.444 e. The van der Waals surface area contributed by atoms with E-state index in [0.717, 1.165) is 44.9 Å². The maximum Gasteiger partial charge on any atom is 0.410 e. The first kappa shape index (κ1) is 33.8. The summed E-state index contributed by atoms with van der Waals surface area (Å²) in [5.74, 6) is 0.0716. The molecular weight excluding hydrogens is 627 g/mol. The predicted octanol–water partition coefficient (Wildman–Crippen LogP) is 8.06. The number of anilines is 1. The van der Waals surface area contributed by atoms with E-state index in [-0.39, 0.29) is 41.3 Å². The van der Waals surface area contributed by atoms with Gasteiger partial charge in [-0.05, 0) is 83.8 Å². The molecule has 2 aromatic rings. The molecule has 2 bridgehead atoms. The molecule has 6 rings (SSSR count). The Morgan fingerprint density at radius 3 is 2.35 bits per heavy atom. The summed E-state index contributed by atoms with van der Waals surface area (Å²) in [5.41, 5.74) is 0.0597. The van der Waals surface area contributed by atoms with Gasteiger partial charge in [0.25, 0.3) is 0 Å². The van der Waals surface area contributed by atoms with Crippen molar-refractivity contribution in [3.05, 3.63) is 28.4 Å². The van der Waals surface area contributed by atoms with Gasteiger partial charge in [0.2, 0.25) is 0 Å². The zero-order valence-corrected chi connectivity index (χ0v) is 30.4. The highest BCUT2D eigenvalue weighted by molar-refractivity contribution is 6.74. The van der Waals surface area contributed by atoms with E-state index in [0.29, 0.717) is 47.5 Å². The van der Waals surface area contributed by atoms with Crippen molar-refractivity contribution >= 4 is 42.6 Å². The molecule has 1 aliphatic carbocycles. The lowest BCUT2D eigenvalue weighted by atomic mass is 9.97. The van der Waals surface area contributed by atoms with E-state index in [1.807, 2.05) is 25.7 Å². The van der Waals surface area contributed by atoms with E-state index in [2.05, 4.69) is 43.7 Å². The number of pyridine rings is 2. The fourth-order valence-electron chi connectivity index (χ4n) is 6.85. The number of hydrogen-bond donors (Lipinski definition) is 0. The Morgan fingerprint density at radius 1 is 1.11 bits per heavy atom. The molecule has 5 heterocycles. The minimum absolute atomic E-state index is 0.0216. The number of nitrogens with zero attached hydrogens (tertiary/aromatic N) is 4. The van der Waals surface area contributed by atoms with Crippen molar-refractivity contribution in [3.63, 3.8) is 0 Å². The summed E-state index contributed by atoms with van der Waals surface area (Å²) in [6, 6.07) is -0.0764. The lowest BCUT2D eigenvalue weighted by molar-refractivity contribution is -0.199. The topological polar surface area (TPSA) is 86.3 Å². The van der Waals surface area contributed by atoms with Crippen LogP contribution in [-0.4, -0.2) is 72.9 Å². The van der Waals surface area contributed by atoms with E-state index in [9.17, 15) is 4.79 Å². The molecule has 4 fully saturated rings. The van der Waals surface area contributed by atoms with Crippen LogP contribution in [0.25, 0.3) is 10.8 Å². The molecular formula is C34H50ClFN4O5Si. The number of ether oxygens (including phenoxy) is 3. The highest BCUT2D eigenvalue weighted by Crippen LogP contribution is 2.55.